The lowest BCUT2D eigenvalue weighted by Crippen LogP contribution is -2.37. The van der Waals surface area contributed by atoms with Crippen molar-refractivity contribution in [1.29, 1.82) is 0 Å². The number of amides is 1. The van der Waals surface area contributed by atoms with Gasteiger partial charge in [-0.05, 0) is 46.6 Å². The molecule has 2 heterocycles. The third kappa shape index (κ3) is 3.70. The average Bonchev–Trinajstić information content (AvgIpc) is 2.94. The topological polar surface area (TPSA) is 45.7 Å². The molecule has 2 rings (SSSR count). The lowest BCUT2D eigenvalue weighted by molar-refractivity contribution is 0.0224. The Bertz CT molecular complexity index is 525. The molecule has 1 aromatic rings. The summed E-state index contributed by atoms with van der Waals surface area (Å²) < 4.78 is 5.55. The van der Waals surface area contributed by atoms with Crippen LogP contribution >= 0.6 is 0 Å². The standard InChI is InChI=1S/C17H27N3O2/c1-6-19(5)15-13(9-7-11-18-15)14-10-8-12-20(14)16(21)22-17(2,3)4/h7,9,11,14H,6,8,10,12H2,1-5H3. The van der Waals surface area contributed by atoms with Gasteiger partial charge >= 0.3 is 6.09 Å². The van der Waals surface area contributed by atoms with Crippen molar-refractivity contribution in [2.45, 2.75) is 52.2 Å². The van der Waals surface area contributed by atoms with Crippen LogP contribution in [-0.2, 0) is 4.74 Å². The maximum absolute atomic E-state index is 12.5. The molecule has 1 fully saturated rings. The first-order chi connectivity index (χ1) is 10.3. The molecule has 0 saturated carbocycles. The predicted octanol–water partition coefficient (Wildman–Crippen LogP) is 3.61. The second-order valence-corrected chi connectivity index (χ2v) is 6.76. The Morgan fingerprint density at radius 1 is 1.50 bits per heavy atom. The Balaban J connectivity index is 2.26. The summed E-state index contributed by atoms with van der Waals surface area (Å²) in [4.78, 5) is 20.9. The zero-order chi connectivity index (χ0) is 16.3. The Morgan fingerprint density at radius 2 is 2.23 bits per heavy atom. The quantitative estimate of drug-likeness (QED) is 0.856. The minimum atomic E-state index is -0.470. The molecule has 122 valence electrons. The molecule has 0 bridgehead atoms. The number of pyridine rings is 1. The summed E-state index contributed by atoms with van der Waals surface area (Å²) in [5.74, 6) is 0.949. The number of anilines is 1. The normalized spacial score (nSPS) is 18.4. The first-order valence-corrected chi connectivity index (χ1v) is 7.99. The summed E-state index contributed by atoms with van der Waals surface area (Å²) in [6.07, 6.45) is 3.52. The van der Waals surface area contributed by atoms with Gasteiger partial charge in [-0.1, -0.05) is 6.07 Å². The zero-order valence-corrected chi connectivity index (χ0v) is 14.3. The van der Waals surface area contributed by atoms with Crippen LogP contribution in [0.25, 0.3) is 0 Å². The summed E-state index contributed by atoms with van der Waals surface area (Å²) in [7, 11) is 2.03. The van der Waals surface area contributed by atoms with Crippen LogP contribution in [0.2, 0.25) is 0 Å². The molecule has 0 spiro atoms. The number of ether oxygens (including phenoxy) is 1. The fourth-order valence-electron chi connectivity index (χ4n) is 2.77. The van der Waals surface area contributed by atoms with Gasteiger partial charge in [0.2, 0.25) is 0 Å². The highest BCUT2D eigenvalue weighted by atomic mass is 16.6. The first kappa shape index (κ1) is 16.6. The van der Waals surface area contributed by atoms with Gasteiger partial charge in [0.1, 0.15) is 11.4 Å². The molecular weight excluding hydrogens is 278 g/mol. The van der Waals surface area contributed by atoms with Crippen LogP contribution in [0.5, 0.6) is 0 Å². The molecule has 1 aromatic heterocycles. The number of aromatic nitrogens is 1. The molecule has 1 amide bonds. The van der Waals surface area contributed by atoms with Crippen LogP contribution < -0.4 is 4.90 Å². The summed E-state index contributed by atoms with van der Waals surface area (Å²) in [6.45, 7) is 9.41. The van der Waals surface area contributed by atoms with E-state index in [0.717, 1.165) is 37.3 Å². The molecule has 1 aliphatic heterocycles. The van der Waals surface area contributed by atoms with Gasteiger partial charge in [0.05, 0.1) is 6.04 Å². The van der Waals surface area contributed by atoms with Gasteiger partial charge in [-0.15, -0.1) is 0 Å². The maximum Gasteiger partial charge on any atom is 0.410 e. The van der Waals surface area contributed by atoms with Gasteiger partial charge in [-0.3, -0.25) is 0 Å². The second kappa shape index (κ2) is 6.55. The molecule has 0 aliphatic carbocycles. The predicted molar refractivity (Wildman–Crippen MR) is 88.1 cm³/mol. The largest absolute Gasteiger partial charge is 0.444 e. The third-order valence-electron chi connectivity index (χ3n) is 3.89. The SMILES string of the molecule is CCN(C)c1ncccc1C1CCCN1C(=O)OC(C)(C)C. The fraction of sp³-hybridized carbons (Fsp3) is 0.647. The number of nitrogens with zero attached hydrogens (tertiary/aromatic N) is 3. The Labute approximate surface area is 133 Å². The molecule has 1 aliphatic rings. The molecule has 22 heavy (non-hydrogen) atoms. The van der Waals surface area contributed by atoms with Gasteiger partial charge < -0.3 is 14.5 Å². The van der Waals surface area contributed by atoms with Crippen LogP contribution in [0.15, 0.2) is 18.3 Å². The van der Waals surface area contributed by atoms with Crippen molar-refractivity contribution < 1.29 is 9.53 Å². The number of hydrogen-bond donors (Lipinski definition) is 0. The minimum absolute atomic E-state index is 0.0487. The number of carbonyl (C=O) groups is 1. The Hall–Kier alpha value is -1.78. The van der Waals surface area contributed by atoms with Crippen molar-refractivity contribution in [2.24, 2.45) is 0 Å². The number of likely N-dealkylation sites (tertiary alicyclic amines) is 1. The lowest BCUT2D eigenvalue weighted by Gasteiger charge is -2.30. The minimum Gasteiger partial charge on any atom is -0.444 e. The number of rotatable bonds is 3. The zero-order valence-electron chi connectivity index (χ0n) is 14.3. The van der Waals surface area contributed by atoms with Crippen LogP contribution in [0.4, 0.5) is 10.6 Å². The van der Waals surface area contributed by atoms with Crippen molar-refractivity contribution in [2.75, 3.05) is 25.0 Å². The maximum atomic E-state index is 12.5. The van der Waals surface area contributed by atoms with Gasteiger partial charge in [-0.2, -0.15) is 0 Å². The third-order valence-corrected chi connectivity index (χ3v) is 3.89. The first-order valence-electron chi connectivity index (χ1n) is 7.99. The molecule has 0 radical (unpaired) electrons. The van der Waals surface area contributed by atoms with E-state index in [2.05, 4.69) is 22.9 Å². The molecule has 5 nitrogen and oxygen atoms in total. The van der Waals surface area contributed by atoms with E-state index in [0.29, 0.717) is 0 Å². The van der Waals surface area contributed by atoms with Crippen molar-refractivity contribution in [3.63, 3.8) is 0 Å². The van der Waals surface area contributed by atoms with E-state index in [-0.39, 0.29) is 12.1 Å². The molecule has 0 N–H and O–H groups in total. The summed E-state index contributed by atoms with van der Waals surface area (Å²) in [5, 5.41) is 0. The van der Waals surface area contributed by atoms with E-state index in [9.17, 15) is 4.79 Å². The highest BCUT2D eigenvalue weighted by molar-refractivity contribution is 5.70. The van der Waals surface area contributed by atoms with Gasteiger partial charge in [0, 0.05) is 31.9 Å². The smallest absolute Gasteiger partial charge is 0.410 e. The van der Waals surface area contributed by atoms with Crippen LogP contribution in [0.3, 0.4) is 0 Å². The summed E-state index contributed by atoms with van der Waals surface area (Å²) in [5.41, 5.74) is 0.637. The van der Waals surface area contributed by atoms with Crippen molar-refractivity contribution >= 4 is 11.9 Å². The van der Waals surface area contributed by atoms with Crippen molar-refractivity contribution in [3.8, 4) is 0 Å². The highest BCUT2D eigenvalue weighted by Crippen LogP contribution is 2.36. The van der Waals surface area contributed by atoms with E-state index in [1.165, 1.54) is 0 Å². The fourth-order valence-corrected chi connectivity index (χ4v) is 2.77. The Kier molecular flexibility index (Phi) is 4.94. The Morgan fingerprint density at radius 3 is 2.86 bits per heavy atom. The molecule has 1 unspecified atom stereocenters. The van der Waals surface area contributed by atoms with E-state index in [1.807, 2.05) is 38.8 Å². The second-order valence-electron chi connectivity index (χ2n) is 6.76. The molecule has 1 saturated heterocycles. The van der Waals surface area contributed by atoms with Crippen molar-refractivity contribution in [1.82, 2.24) is 9.88 Å². The molecule has 5 heteroatoms. The van der Waals surface area contributed by atoms with Crippen LogP contribution in [0, 0.1) is 0 Å². The van der Waals surface area contributed by atoms with E-state index in [4.69, 9.17) is 4.74 Å². The average molecular weight is 305 g/mol. The van der Waals surface area contributed by atoms with Gasteiger partial charge in [0.25, 0.3) is 0 Å². The van der Waals surface area contributed by atoms with Crippen LogP contribution in [0.1, 0.15) is 52.1 Å². The van der Waals surface area contributed by atoms with Gasteiger partial charge in [0.15, 0.2) is 0 Å². The van der Waals surface area contributed by atoms with Crippen molar-refractivity contribution in [3.05, 3.63) is 23.9 Å². The lowest BCUT2D eigenvalue weighted by atomic mass is 10.1. The van der Waals surface area contributed by atoms with E-state index < -0.39 is 5.60 Å². The van der Waals surface area contributed by atoms with Crippen LogP contribution in [-0.4, -0.2) is 41.7 Å². The molecule has 0 aromatic carbocycles. The number of carbonyl (C=O) groups excluding carboxylic acids is 1. The van der Waals surface area contributed by atoms with Gasteiger partial charge in [-0.25, -0.2) is 9.78 Å². The number of hydrogen-bond acceptors (Lipinski definition) is 4. The van der Waals surface area contributed by atoms with E-state index in [1.54, 1.807) is 6.20 Å². The highest BCUT2D eigenvalue weighted by Gasteiger charge is 2.34. The molecular formula is C17H27N3O2. The monoisotopic (exact) mass is 305 g/mol. The molecule has 1 atom stereocenters. The van der Waals surface area contributed by atoms with E-state index >= 15 is 0 Å². The summed E-state index contributed by atoms with van der Waals surface area (Å²) >= 11 is 0. The summed E-state index contributed by atoms with van der Waals surface area (Å²) in [6, 6.07) is 4.06.